The number of rotatable bonds is 2. The minimum absolute atomic E-state index is 0.289. The maximum absolute atomic E-state index is 10.3. The van der Waals surface area contributed by atoms with Crippen LogP contribution in [0.2, 0.25) is 0 Å². The zero-order chi connectivity index (χ0) is 10.4. The fraction of sp³-hybridized carbons (Fsp3) is 0.636. The molecule has 2 nitrogen and oxygen atoms in total. The fourth-order valence-corrected chi connectivity index (χ4v) is 4.30. The molecular formula is C11H13BrO2S. The summed E-state index contributed by atoms with van der Waals surface area (Å²) in [7, 11) is 0. The summed E-state index contributed by atoms with van der Waals surface area (Å²) in [4.78, 5) is 0. The Hall–Kier alpha value is 0.1000. The van der Waals surface area contributed by atoms with Gasteiger partial charge in [0.25, 0.3) is 0 Å². The molecule has 1 aromatic heterocycles. The van der Waals surface area contributed by atoms with Crippen LogP contribution in [0.1, 0.15) is 30.9 Å². The first-order chi connectivity index (χ1) is 7.25. The summed E-state index contributed by atoms with van der Waals surface area (Å²) >= 11 is 5.10. The van der Waals surface area contributed by atoms with Crippen molar-refractivity contribution in [2.24, 2.45) is 5.92 Å². The Labute approximate surface area is 101 Å². The van der Waals surface area contributed by atoms with Crippen molar-refractivity contribution < 1.29 is 9.84 Å². The number of ether oxygens (including phenoxy) is 1. The quantitative estimate of drug-likeness (QED) is 0.906. The smallest absolute Gasteiger partial charge is 0.0862 e. The summed E-state index contributed by atoms with van der Waals surface area (Å²) in [5.41, 5.74) is 1.03. The molecule has 15 heavy (non-hydrogen) atoms. The molecule has 0 amide bonds. The molecule has 0 saturated carbocycles. The summed E-state index contributed by atoms with van der Waals surface area (Å²) in [5, 5.41) is 14.4. The van der Waals surface area contributed by atoms with Crippen molar-refractivity contribution in [1.29, 1.82) is 0 Å². The first kappa shape index (κ1) is 10.3. The predicted molar refractivity (Wildman–Crippen MR) is 63.0 cm³/mol. The van der Waals surface area contributed by atoms with Gasteiger partial charge in [0.1, 0.15) is 0 Å². The number of halogens is 1. The summed E-state index contributed by atoms with van der Waals surface area (Å²) in [5.74, 6) is 0.301. The van der Waals surface area contributed by atoms with E-state index in [2.05, 4.69) is 15.9 Å². The van der Waals surface area contributed by atoms with Gasteiger partial charge in [0.2, 0.25) is 0 Å². The molecule has 0 spiro atoms. The average molecular weight is 289 g/mol. The molecule has 4 unspecified atom stereocenters. The lowest BCUT2D eigenvalue weighted by Crippen LogP contribution is -2.23. The Morgan fingerprint density at radius 2 is 2.33 bits per heavy atom. The lowest BCUT2D eigenvalue weighted by molar-refractivity contribution is 0.0421. The summed E-state index contributed by atoms with van der Waals surface area (Å²) in [6.07, 6.45) is 3.66. The Bertz CT molecular complexity index is 365. The summed E-state index contributed by atoms with van der Waals surface area (Å²) < 4.78 is 6.80. The van der Waals surface area contributed by atoms with Crippen molar-refractivity contribution in [3.8, 4) is 0 Å². The van der Waals surface area contributed by atoms with Crippen LogP contribution >= 0.6 is 27.3 Å². The maximum Gasteiger partial charge on any atom is 0.0862 e. The molecule has 82 valence electrons. The van der Waals surface area contributed by atoms with E-state index >= 15 is 0 Å². The molecule has 2 aliphatic rings. The molecular weight excluding hydrogens is 276 g/mol. The molecule has 3 rings (SSSR count). The molecule has 2 saturated heterocycles. The van der Waals surface area contributed by atoms with Crippen molar-refractivity contribution in [3.05, 3.63) is 20.8 Å². The Morgan fingerprint density at radius 3 is 2.87 bits per heavy atom. The predicted octanol–water partition coefficient (Wildman–Crippen LogP) is 3.11. The number of aliphatic hydroxyl groups is 1. The van der Waals surface area contributed by atoms with Crippen LogP contribution < -0.4 is 0 Å². The van der Waals surface area contributed by atoms with E-state index in [1.165, 1.54) is 6.42 Å². The molecule has 1 aromatic rings. The van der Waals surface area contributed by atoms with Crippen LogP contribution in [0.5, 0.6) is 0 Å². The largest absolute Gasteiger partial charge is 0.388 e. The van der Waals surface area contributed by atoms with Gasteiger partial charge >= 0.3 is 0 Å². The van der Waals surface area contributed by atoms with Crippen molar-refractivity contribution in [2.75, 3.05) is 0 Å². The molecule has 3 heterocycles. The van der Waals surface area contributed by atoms with Crippen LogP contribution in [-0.4, -0.2) is 17.3 Å². The average Bonchev–Trinajstić information content (AvgIpc) is 2.91. The van der Waals surface area contributed by atoms with Crippen molar-refractivity contribution in [3.63, 3.8) is 0 Å². The molecule has 1 N–H and O–H groups in total. The van der Waals surface area contributed by atoms with E-state index < -0.39 is 0 Å². The van der Waals surface area contributed by atoms with Crippen LogP contribution in [0, 0.1) is 5.92 Å². The normalized spacial score (nSPS) is 36.0. The summed E-state index contributed by atoms with van der Waals surface area (Å²) in [6, 6.07) is 0. The van der Waals surface area contributed by atoms with Gasteiger partial charge in [-0.15, -0.1) is 0 Å². The van der Waals surface area contributed by atoms with Crippen LogP contribution in [-0.2, 0) is 4.74 Å². The highest BCUT2D eigenvalue weighted by Crippen LogP contribution is 2.46. The zero-order valence-electron chi connectivity index (χ0n) is 8.23. The van der Waals surface area contributed by atoms with Gasteiger partial charge in [-0.1, -0.05) is 0 Å². The lowest BCUT2D eigenvalue weighted by atomic mass is 9.83. The second-order valence-electron chi connectivity index (χ2n) is 4.39. The Morgan fingerprint density at radius 1 is 1.47 bits per heavy atom. The number of aliphatic hydroxyl groups excluding tert-OH is 1. The van der Waals surface area contributed by atoms with Gasteiger partial charge in [-0.3, -0.25) is 0 Å². The third-order valence-corrected chi connectivity index (χ3v) is 5.27. The minimum atomic E-state index is -0.360. The van der Waals surface area contributed by atoms with E-state index in [9.17, 15) is 5.11 Å². The van der Waals surface area contributed by atoms with Crippen LogP contribution in [0.15, 0.2) is 15.2 Å². The van der Waals surface area contributed by atoms with Gasteiger partial charge in [-0.25, -0.2) is 0 Å². The van der Waals surface area contributed by atoms with E-state index in [1.807, 2.05) is 10.8 Å². The monoisotopic (exact) mass is 288 g/mol. The number of hydrogen-bond donors (Lipinski definition) is 1. The first-order valence-corrected chi connectivity index (χ1v) is 7.04. The van der Waals surface area contributed by atoms with Gasteiger partial charge in [0.05, 0.1) is 18.3 Å². The number of thiophene rings is 1. The van der Waals surface area contributed by atoms with Crippen molar-refractivity contribution >= 4 is 27.3 Å². The van der Waals surface area contributed by atoms with Gasteiger partial charge < -0.3 is 9.84 Å². The Kier molecular flexibility index (Phi) is 2.63. The number of fused-ring (bicyclic) bond motifs is 2. The van der Waals surface area contributed by atoms with E-state index in [0.717, 1.165) is 22.9 Å². The first-order valence-electron chi connectivity index (χ1n) is 5.31. The zero-order valence-corrected chi connectivity index (χ0v) is 10.6. The second-order valence-corrected chi connectivity index (χ2v) is 5.99. The molecule has 0 radical (unpaired) electrons. The number of hydrogen-bond acceptors (Lipinski definition) is 3. The molecule has 2 bridgehead atoms. The SMILES string of the molecule is OC(c1cscc1Br)C1CC2CCC1O2. The highest BCUT2D eigenvalue weighted by molar-refractivity contribution is 9.10. The second kappa shape index (κ2) is 3.84. The lowest BCUT2D eigenvalue weighted by Gasteiger charge is -2.24. The fourth-order valence-electron chi connectivity index (χ4n) is 2.74. The van der Waals surface area contributed by atoms with Crippen LogP contribution in [0.25, 0.3) is 0 Å². The van der Waals surface area contributed by atoms with E-state index in [4.69, 9.17) is 4.74 Å². The molecule has 4 heteroatoms. The highest BCUT2D eigenvalue weighted by atomic mass is 79.9. The molecule has 0 aliphatic carbocycles. The Balaban J connectivity index is 1.81. The minimum Gasteiger partial charge on any atom is -0.388 e. The standard InChI is InChI=1S/C11H13BrO2S/c12-9-5-15-4-8(9)11(13)7-3-6-1-2-10(7)14-6/h4-7,10-11,13H,1-3H2. The van der Waals surface area contributed by atoms with Crippen LogP contribution in [0.3, 0.4) is 0 Å². The van der Waals surface area contributed by atoms with Crippen LogP contribution in [0.4, 0.5) is 0 Å². The van der Waals surface area contributed by atoms with Crippen molar-refractivity contribution in [1.82, 2.24) is 0 Å². The molecule has 2 aliphatic heterocycles. The molecule has 2 fully saturated rings. The van der Waals surface area contributed by atoms with E-state index in [-0.39, 0.29) is 12.2 Å². The van der Waals surface area contributed by atoms with E-state index in [1.54, 1.807) is 11.3 Å². The van der Waals surface area contributed by atoms with Crippen molar-refractivity contribution in [2.45, 2.75) is 37.6 Å². The van der Waals surface area contributed by atoms with Gasteiger partial charge in [0.15, 0.2) is 0 Å². The summed E-state index contributed by atoms with van der Waals surface area (Å²) in [6.45, 7) is 0. The molecule has 4 atom stereocenters. The van der Waals surface area contributed by atoms with Gasteiger partial charge in [-0.05, 0) is 40.6 Å². The van der Waals surface area contributed by atoms with Gasteiger partial charge in [0, 0.05) is 21.3 Å². The highest BCUT2D eigenvalue weighted by Gasteiger charge is 2.44. The third kappa shape index (κ3) is 1.68. The topological polar surface area (TPSA) is 29.5 Å². The maximum atomic E-state index is 10.3. The van der Waals surface area contributed by atoms with E-state index in [0.29, 0.717) is 12.0 Å². The third-order valence-electron chi connectivity index (χ3n) is 3.52. The molecule has 0 aromatic carbocycles. The van der Waals surface area contributed by atoms with Gasteiger partial charge in [-0.2, -0.15) is 11.3 Å².